The lowest BCUT2D eigenvalue weighted by molar-refractivity contribution is 0.119. The highest BCUT2D eigenvalue weighted by Crippen LogP contribution is 2.38. The number of aromatic nitrogens is 2. The second-order valence-corrected chi connectivity index (χ2v) is 5.22. The maximum Gasteiger partial charge on any atom is 0.240 e. The summed E-state index contributed by atoms with van der Waals surface area (Å²) in [6.45, 7) is 3.12. The Bertz CT molecular complexity index is 368. The van der Waals surface area contributed by atoms with Crippen LogP contribution in [0.5, 0.6) is 0 Å². The summed E-state index contributed by atoms with van der Waals surface area (Å²) < 4.78 is 5.27. The van der Waals surface area contributed by atoms with Crippen LogP contribution in [0, 0.1) is 5.92 Å². The van der Waals surface area contributed by atoms with E-state index in [4.69, 9.17) is 9.63 Å². The van der Waals surface area contributed by atoms with E-state index in [1.807, 2.05) is 0 Å². The lowest BCUT2D eigenvalue weighted by Crippen LogP contribution is -2.34. The fourth-order valence-corrected chi connectivity index (χ4v) is 2.36. The fraction of sp³-hybridized carbons (Fsp3) is 0.833. The smallest absolute Gasteiger partial charge is 0.240 e. The Kier molecular flexibility index (Phi) is 3.11. The highest BCUT2D eigenvalue weighted by atomic mass is 16.5. The van der Waals surface area contributed by atoms with Gasteiger partial charge in [-0.15, -0.1) is 0 Å². The zero-order valence-electron chi connectivity index (χ0n) is 10.0. The van der Waals surface area contributed by atoms with Gasteiger partial charge in [0.1, 0.15) is 0 Å². The van der Waals surface area contributed by atoms with E-state index in [1.165, 1.54) is 12.8 Å². The van der Waals surface area contributed by atoms with Crippen LogP contribution < -0.4 is 0 Å². The molecule has 2 fully saturated rings. The molecule has 0 unspecified atom stereocenters. The van der Waals surface area contributed by atoms with E-state index in [9.17, 15) is 0 Å². The van der Waals surface area contributed by atoms with Crippen molar-refractivity contribution in [1.29, 1.82) is 0 Å². The fourth-order valence-electron chi connectivity index (χ4n) is 2.36. The Morgan fingerprint density at radius 2 is 2.00 bits per heavy atom. The van der Waals surface area contributed by atoms with Crippen LogP contribution in [-0.2, 0) is 6.54 Å². The summed E-state index contributed by atoms with van der Waals surface area (Å²) >= 11 is 0. The van der Waals surface area contributed by atoms with Gasteiger partial charge in [-0.25, -0.2) is 0 Å². The van der Waals surface area contributed by atoms with Gasteiger partial charge in [0.25, 0.3) is 0 Å². The van der Waals surface area contributed by atoms with E-state index in [1.54, 1.807) is 0 Å². The number of aliphatic hydroxyl groups excluding tert-OH is 1. The minimum Gasteiger partial charge on any atom is -0.396 e. The first kappa shape index (κ1) is 11.2. The summed E-state index contributed by atoms with van der Waals surface area (Å²) in [5.41, 5.74) is 0. The molecule has 1 saturated heterocycles. The molecule has 0 bridgehead atoms. The van der Waals surface area contributed by atoms with Crippen LogP contribution in [0.15, 0.2) is 4.52 Å². The van der Waals surface area contributed by atoms with Gasteiger partial charge < -0.3 is 9.63 Å². The average molecular weight is 237 g/mol. The molecule has 17 heavy (non-hydrogen) atoms. The molecule has 5 nitrogen and oxygen atoms in total. The van der Waals surface area contributed by atoms with Gasteiger partial charge in [-0.05, 0) is 44.7 Å². The van der Waals surface area contributed by atoms with E-state index in [0.717, 1.165) is 44.2 Å². The summed E-state index contributed by atoms with van der Waals surface area (Å²) in [5.74, 6) is 2.68. The highest BCUT2D eigenvalue weighted by Gasteiger charge is 2.29. The number of piperidine rings is 1. The molecule has 1 aromatic heterocycles. The van der Waals surface area contributed by atoms with E-state index in [-0.39, 0.29) is 0 Å². The summed E-state index contributed by atoms with van der Waals surface area (Å²) in [4.78, 5) is 6.77. The van der Waals surface area contributed by atoms with Crippen molar-refractivity contribution in [2.24, 2.45) is 5.92 Å². The first-order valence-corrected chi connectivity index (χ1v) is 6.51. The van der Waals surface area contributed by atoms with Gasteiger partial charge in [0.15, 0.2) is 5.82 Å². The summed E-state index contributed by atoms with van der Waals surface area (Å²) in [6.07, 6.45) is 4.56. The summed E-state index contributed by atoms with van der Waals surface area (Å²) in [6, 6.07) is 0. The molecule has 0 radical (unpaired) electrons. The normalized spacial score (nSPS) is 23.1. The molecule has 1 saturated carbocycles. The van der Waals surface area contributed by atoms with Gasteiger partial charge in [-0.3, -0.25) is 4.90 Å². The Morgan fingerprint density at radius 3 is 2.65 bits per heavy atom. The van der Waals surface area contributed by atoms with Crippen molar-refractivity contribution in [2.75, 3.05) is 19.7 Å². The lowest BCUT2D eigenvalue weighted by atomic mass is 9.98. The Morgan fingerprint density at radius 1 is 1.24 bits per heavy atom. The third kappa shape index (κ3) is 2.66. The molecule has 1 aromatic rings. The van der Waals surface area contributed by atoms with Gasteiger partial charge in [-0.1, -0.05) is 5.16 Å². The Labute approximate surface area is 101 Å². The van der Waals surface area contributed by atoms with Crippen molar-refractivity contribution in [2.45, 2.75) is 38.1 Å². The van der Waals surface area contributed by atoms with Crippen molar-refractivity contribution < 1.29 is 9.63 Å². The molecule has 0 atom stereocenters. The van der Waals surface area contributed by atoms with Gasteiger partial charge in [0.05, 0.1) is 6.54 Å². The second-order valence-electron chi connectivity index (χ2n) is 5.22. The molecule has 1 aliphatic carbocycles. The van der Waals surface area contributed by atoms with E-state index >= 15 is 0 Å². The molecule has 2 heterocycles. The zero-order valence-corrected chi connectivity index (χ0v) is 10.0. The minimum atomic E-state index is 0.320. The Hall–Kier alpha value is -0.940. The molecular weight excluding hydrogens is 218 g/mol. The van der Waals surface area contributed by atoms with Crippen LogP contribution in [0.3, 0.4) is 0 Å². The van der Waals surface area contributed by atoms with Gasteiger partial charge in [0.2, 0.25) is 5.89 Å². The van der Waals surface area contributed by atoms with Crippen molar-refractivity contribution in [3.05, 3.63) is 11.7 Å². The largest absolute Gasteiger partial charge is 0.396 e. The minimum absolute atomic E-state index is 0.320. The maximum absolute atomic E-state index is 9.08. The van der Waals surface area contributed by atoms with Gasteiger partial charge >= 0.3 is 0 Å². The lowest BCUT2D eigenvalue weighted by Gasteiger charge is -2.29. The van der Waals surface area contributed by atoms with Crippen LogP contribution >= 0.6 is 0 Å². The molecule has 3 rings (SSSR count). The van der Waals surface area contributed by atoms with Crippen molar-refractivity contribution in [3.63, 3.8) is 0 Å². The number of likely N-dealkylation sites (tertiary alicyclic amines) is 1. The first-order chi connectivity index (χ1) is 8.35. The standard InChI is InChI=1S/C12H19N3O2/c16-8-9-3-5-15(6-4-9)7-11-13-12(14-17-11)10-1-2-10/h9-10,16H,1-8H2. The van der Waals surface area contributed by atoms with Gasteiger partial charge in [-0.2, -0.15) is 4.98 Å². The average Bonchev–Trinajstić information content (AvgIpc) is 3.12. The molecule has 0 spiro atoms. The predicted molar refractivity (Wildman–Crippen MR) is 61.4 cm³/mol. The monoisotopic (exact) mass is 237 g/mol. The number of aliphatic hydroxyl groups is 1. The van der Waals surface area contributed by atoms with E-state index in [0.29, 0.717) is 18.4 Å². The van der Waals surface area contributed by atoms with Gasteiger partial charge in [0, 0.05) is 12.5 Å². The molecule has 1 N–H and O–H groups in total. The van der Waals surface area contributed by atoms with Crippen LogP contribution in [0.4, 0.5) is 0 Å². The molecule has 5 heteroatoms. The maximum atomic E-state index is 9.08. The molecule has 2 aliphatic rings. The summed E-state index contributed by atoms with van der Waals surface area (Å²) in [5, 5.41) is 13.1. The first-order valence-electron chi connectivity index (χ1n) is 6.51. The van der Waals surface area contributed by atoms with E-state index < -0.39 is 0 Å². The zero-order chi connectivity index (χ0) is 11.7. The number of rotatable bonds is 4. The third-order valence-electron chi connectivity index (χ3n) is 3.75. The quantitative estimate of drug-likeness (QED) is 0.851. The van der Waals surface area contributed by atoms with Crippen molar-refractivity contribution in [3.8, 4) is 0 Å². The SMILES string of the molecule is OCC1CCN(Cc2nc(C3CC3)no2)CC1. The highest BCUT2D eigenvalue weighted by molar-refractivity contribution is 5.03. The van der Waals surface area contributed by atoms with Crippen molar-refractivity contribution >= 4 is 0 Å². The van der Waals surface area contributed by atoms with Crippen LogP contribution in [0.25, 0.3) is 0 Å². The molecule has 94 valence electrons. The predicted octanol–water partition coefficient (Wildman–Crippen LogP) is 1.15. The number of hydrogen-bond donors (Lipinski definition) is 1. The Balaban J connectivity index is 1.52. The van der Waals surface area contributed by atoms with Crippen LogP contribution in [-0.4, -0.2) is 39.8 Å². The molecular formula is C12H19N3O2. The van der Waals surface area contributed by atoms with Crippen LogP contribution in [0.2, 0.25) is 0 Å². The third-order valence-corrected chi connectivity index (χ3v) is 3.75. The number of nitrogens with zero attached hydrogens (tertiary/aromatic N) is 3. The van der Waals surface area contributed by atoms with E-state index in [2.05, 4.69) is 15.0 Å². The van der Waals surface area contributed by atoms with Crippen molar-refractivity contribution in [1.82, 2.24) is 15.0 Å². The van der Waals surface area contributed by atoms with Crippen LogP contribution in [0.1, 0.15) is 43.3 Å². The molecule has 1 aliphatic heterocycles. The topological polar surface area (TPSA) is 62.4 Å². The number of hydrogen-bond acceptors (Lipinski definition) is 5. The molecule has 0 aromatic carbocycles. The molecule has 0 amide bonds. The summed E-state index contributed by atoms with van der Waals surface area (Å²) in [7, 11) is 0. The second kappa shape index (κ2) is 4.74.